The van der Waals surface area contributed by atoms with Gasteiger partial charge in [-0.1, -0.05) is 35.3 Å². The second-order valence-corrected chi connectivity index (χ2v) is 5.24. The van der Waals surface area contributed by atoms with Crippen LogP contribution < -0.4 is 0 Å². The average molecular weight is 314 g/mol. The number of carbonyl (C=O) groups is 1. The summed E-state index contributed by atoms with van der Waals surface area (Å²) in [6, 6.07) is 5.69. The van der Waals surface area contributed by atoms with Crippen LogP contribution in [0.2, 0.25) is 0 Å². The average Bonchev–Trinajstić information content (AvgIpc) is 2.36. The molecule has 0 radical (unpaired) electrons. The van der Waals surface area contributed by atoms with Crippen molar-refractivity contribution >= 4 is 21.8 Å². The van der Waals surface area contributed by atoms with Gasteiger partial charge in [0.05, 0.1) is 6.61 Å². The van der Waals surface area contributed by atoms with Gasteiger partial charge in [0.15, 0.2) is 0 Å². The standard InChI is InChI=1S/C14H20BrNO2/c1-3-4-7-16(8-9-17)14(18)13-10-12(15)6-5-11(13)2/h5-6,10,17H,3-4,7-9H2,1-2H3. The summed E-state index contributed by atoms with van der Waals surface area (Å²) in [4.78, 5) is 14.1. The molecule has 1 amide bonds. The molecule has 0 saturated heterocycles. The summed E-state index contributed by atoms with van der Waals surface area (Å²) in [6.07, 6.45) is 1.99. The summed E-state index contributed by atoms with van der Waals surface area (Å²) >= 11 is 3.39. The SMILES string of the molecule is CCCCN(CCO)C(=O)c1cc(Br)ccc1C. The quantitative estimate of drug-likeness (QED) is 0.877. The number of hydrogen-bond acceptors (Lipinski definition) is 2. The molecule has 0 heterocycles. The Morgan fingerprint density at radius 3 is 2.72 bits per heavy atom. The van der Waals surface area contributed by atoms with Crippen molar-refractivity contribution in [3.63, 3.8) is 0 Å². The second-order valence-electron chi connectivity index (χ2n) is 4.33. The Balaban J connectivity index is 2.90. The molecule has 1 rings (SSSR count). The van der Waals surface area contributed by atoms with Crippen LogP contribution >= 0.6 is 15.9 Å². The second kappa shape index (κ2) is 7.54. The van der Waals surface area contributed by atoms with E-state index in [2.05, 4.69) is 22.9 Å². The lowest BCUT2D eigenvalue weighted by atomic mass is 10.1. The van der Waals surface area contributed by atoms with E-state index in [9.17, 15) is 4.79 Å². The zero-order valence-electron chi connectivity index (χ0n) is 10.9. The van der Waals surface area contributed by atoms with Gasteiger partial charge >= 0.3 is 0 Å². The molecule has 18 heavy (non-hydrogen) atoms. The van der Waals surface area contributed by atoms with Crippen LogP contribution in [0.25, 0.3) is 0 Å². The Labute approximate surface area is 117 Å². The number of unbranched alkanes of at least 4 members (excludes halogenated alkanes) is 1. The molecule has 100 valence electrons. The zero-order valence-corrected chi connectivity index (χ0v) is 12.5. The molecule has 1 N–H and O–H groups in total. The van der Waals surface area contributed by atoms with Crippen molar-refractivity contribution in [1.82, 2.24) is 4.90 Å². The Kier molecular flexibility index (Phi) is 6.36. The lowest BCUT2D eigenvalue weighted by Gasteiger charge is -2.22. The van der Waals surface area contributed by atoms with Crippen molar-refractivity contribution in [2.24, 2.45) is 0 Å². The number of carbonyl (C=O) groups excluding carboxylic acids is 1. The monoisotopic (exact) mass is 313 g/mol. The zero-order chi connectivity index (χ0) is 13.5. The van der Waals surface area contributed by atoms with E-state index in [0.29, 0.717) is 18.7 Å². The maximum absolute atomic E-state index is 12.4. The van der Waals surface area contributed by atoms with Gasteiger partial charge in [0.2, 0.25) is 0 Å². The molecular weight excluding hydrogens is 294 g/mol. The molecule has 4 heteroatoms. The summed E-state index contributed by atoms with van der Waals surface area (Å²) in [7, 11) is 0. The molecule has 1 aromatic rings. The van der Waals surface area contributed by atoms with Crippen LogP contribution in [-0.4, -0.2) is 35.6 Å². The van der Waals surface area contributed by atoms with E-state index in [1.807, 2.05) is 25.1 Å². The fraction of sp³-hybridized carbons (Fsp3) is 0.500. The summed E-state index contributed by atoms with van der Waals surface area (Å²) in [5, 5.41) is 9.05. The van der Waals surface area contributed by atoms with Crippen LogP contribution in [0.15, 0.2) is 22.7 Å². The Morgan fingerprint density at radius 1 is 1.39 bits per heavy atom. The van der Waals surface area contributed by atoms with Gasteiger partial charge in [-0.25, -0.2) is 0 Å². The maximum atomic E-state index is 12.4. The maximum Gasteiger partial charge on any atom is 0.254 e. The first-order valence-corrected chi connectivity index (χ1v) is 7.05. The van der Waals surface area contributed by atoms with E-state index < -0.39 is 0 Å². The minimum absolute atomic E-state index is 0.00249. The third kappa shape index (κ3) is 4.10. The number of nitrogens with zero attached hydrogens (tertiary/aromatic N) is 1. The molecule has 1 aromatic carbocycles. The molecule has 0 fully saturated rings. The third-order valence-corrected chi connectivity index (χ3v) is 3.36. The van der Waals surface area contributed by atoms with Crippen LogP contribution in [0, 0.1) is 6.92 Å². The van der Waals surface area contributed by atoms with Crippen molar-refractivity contribution < 1.29 is 9.90 Å². The van der Waals surface area contributed by atoms with E-state index in [0.717, 1.165) is 22.9 Å². The first-order chi connectivity index (χ1) is 8.60. The smallest absolute Gasteiger partial charge is 0.254 e. The van der Waals surface area contributed by atoms with Crippen LogP contribution in [0.3, 0.4) is 0 Å². The van der Waals surface area contributed by atoms with Gasteiger partial charge in [0.1, 0.15) is 0 Å². The van der Waals surface area contributed by atoms with E-state index in [1.165, 1.54) is 0 Å². The van der Waals surface area contributed by atoms with E-state index in [4.69, 9.17) is 5.11 Å². The highest BCUT2D eigenvalue weighted by molar-refractivity contribution is 9.10. The lowest BCUT2D eigenvalue weighted by molar-refractivity contribution is 0.0718. The van der Waals surface area contributed by atoms with E-state index >= 15 is 0 Å². The fourth-order valence-corrected chi connectivity index (χ4v) is 2.14. The van der Waals surface area contributed by atoms with Crippen LogP contribution in [0.1, 0.15) is 35.7 Å². The van der Waals surface area contributed by atoms with Crippen molar-refractivity contribution in [2.45, 2.75) is 26.7 Å². The number of benzene rings is 1. The van der Waals surface area contributed by atoms with Gasteiger partial charge < -0.3 is 10.0 Å². The molecule has 0 aliphatic heterocycles. The van der Waals surface area contributed by atoms with Gasteiger partial charge in [0, 0.05) is 23.1 Å². The van der Waals surface area contributed by atoms with Gasteiger partial charge in [-0.2, -0.15) is 0 Å². The van der Waals surface area contributed by atoms with Crippen LogP contribution in [0.5, 0.6) is 0 Å². The summed E-state index contributed by atoms with van der Waals surface area (Å²) in [5.74, 6) is -0.00343. The molecule has 0 saturated carbocycles. The minimum atomic E-state index is -0.00343. The van der Waals surface area contributed by atoms with Crippen molar-refractivity contribution in [2.75, 3.05) is 19.7 Å². The number of amides is 1. The molecule has 0 aliphatic rings. The van der Waals surface area contributed by atoms with Gasteiger partial charge in [-0.05, 0) is 31.0 Å². The van der Waals surface area contributed by atoms with Crippen molar-refractivity contribution in [1.29, 1.82) is 0 Å². The first-order valence-electron chi connectivity index (χ1n) is 6.26. The number of aliphatic hydroxyl groups excluding tert-OH is 1. The number of hydrogen-bond donors (Lipinski definition) is 1. The Morgan fingerprint density at radius 2 is 2.11 bits per heavy atom. The highest BCUT2D eigenvalue weighted by Gasteiger charge is 2.16. The molecule has 0 aliphatic carbocycles. The Bertz CT molecular complexity index is 407. The molecule has 0 aromatic heterocycles. The van der Waals surface area contributed by atoms with Gasteiger partial charge in [-0.15, -0.1) is 0 Å². The van der Waals surface area contributed by atoms with Gasteiger partial charge in [-0.3, -0.25) is 4.79 Å². The normalized spacial score (nSPS) is 10.4. The summed E-state index contributed by atoms with van der Waals surface area (Å²) < 4.78 is 0.899. The van der Waals surface area contributed by atoms with E-state index in [-0.39, 0.29) is 12.5 Å². The molecule has 0 bridgehead atoms. The Hall–Kier alpha value is -0.870. The predicted octanol–water partition coefficient (Wildman–Crippen LogP) is 2.99. The largest absolute Gasteiger partial charge is 0.395 e. The third-order valence-electron chi connectivity index (χ3n) is 2.87. The van der Waals surface area contributed by atoms with Crippen LogP contribution in [-0.2, 0) is 0 Å². The fourth-order valence-electron chi connectivity index (χ4n) is 1.78. The first kappa shape index (κ1) is 15.2. The highest BCUT2D eigenvalue weighted by Crippen LogP contribution is 2.18. The summed E-state index contributed by atoms with van der Waals surface area (Å²) in [6.45, 7) is 5.11. The van der Waals surface area contributed by atoms with Crippen LogP contribution in [0.4, 0.5) is 0 Å². The number of rotatable bonds is 6. The molecule has 0 atom stereocenters. The topological polar surface area (TPSA) is 40.5 Å². The number of halogens is 1. The summed E-state index contributed by atoms with van der Waals surface area (Å²) in [5.41, 5.74) is 1.66. The van der Waals surface area contributed by atoms with Crippen molar-refractivity contribution in [3.8, 4) is 0 Å². The number of aliphatic hydroxyl groups is 1. The lowest BCUT2D eigenvalue weighted by Crippen LogP contribution is -2.34. The number of aryl methyl sites for hydroxylation is 1. The van der Waals surface area contributed by atoms with Gasteiger partial charge in [0.25, 0.3) is 5.91 Å². The highest BCUT2D eigenvalue weighted by atomic mass is 79.9. The molecule has 3 nitrogen and oxygen atoms in total. The van der Waals surface area contributed by atoms with Crippen molar-refractivity contribution in [3.05, 3.63) is 33.8 Å². The molecule has 0 spiro atoms. The van der Waals surface area contributed by atoms with E-state index in [1.54, 1.807) is 4.90 Å². The minimum Gasteiger partial charge on any atom is -0.395 e. The molecule has 0 unspecified atom stereocenters. The predicted molar refractivity (Wildman–Crippen MR) is 76.8 cm³/mol. The molecular formula is C14H20BrNO2.